The smallest absolute Gasteiger partial charge is 0.0407 e. The Hall–Kier alpha value is -0.540. The van der Waals surface area contributed by atoms with Crippen molar-refractivity contribution in [2.45, 2.75) is 39.7 Å². The van der Waals surface area contributed by atoms with Gasteiger partial charge in [-0.05, 0) is 49.9 Å². The summed E-state index contributed by atoms with van der Waals surface area (Å²) < 4.78 is 1.21. The molecule has 1 saturated heterocycles. The molecule has 1 aromatic carbocycles. The Morgan fingerprint density at radius 1 is 1.42 bits per heavy atom. The molecule has 0 aliphatic carbocycles. The minimum atomic E-state index is 0.612. The Kier molecular flexibility index (Phi) is 5.28. The van der Waals surface area contributed by atoms with Crippen LogP contribution in [0.5, 0.6) is 0 Å². The fraction of sp³-hybridized carbons (Fsp3) is 0.625. The van der Waals surface area contributed by atoms with E-state index in [0.29, 0.717) is 6.04 Å². The molecule has 0 radical (unpaired) electrons. The summed E-state index contributed by atoms with van der Waals surface area (Å²) in [7, 11) is 0. The van der Waals surface area contributed by atoms with Crippen molar-refractivity contribution in [3.8, 4) is 0 Å². The number of hydrogen-bond donors (Lipinski definition) is 1. The molecule has 19 heavy (non-hydrogen) atoms. The van der Waals surface area contributed by atoms with Crippen LogP contribution in [0, 0.1) is 12.8 Å². The Bertz CT molecular complexity index is 417. The first-order valence-corrected chi connectivity index (χ1v) is 8.10. The topological polar surface area (TPSA) is 15.3 Å². The lowest BCUT2D eigenvalue weighted by molar-refractivity contribution is 0.436. The average molecular weight is 325 g/mol. The van der Waals surface area contributed by atoms with Gasteiger partial charge in [0.25, 0.3) is 0 Å². The van der Waals surface area contributed by atoms with Gasteiger partial charge in [0.2, 0.25) is 0 Å². The van der Waals surface area contributed by atoms with Gasteiger partial charge in [-0.3, -0.25) is 0 Å². The van der Waals surface area contributed by atoms with Gasteiger partial charge in [-0.1, -0.05) is 35.8 Å². The number of rotatable bonds is 3. The molecule has 106 valence electrons. The molecule has 0 amide bonds. The highest BCUT2D eigenvalue weighted by atomic mass is 79.9. The molecule has 1 unspecified atom stereocenters. The molecule has 3 heteroatoms. The number of nitrogens with zero attached hydrogens (tertiary/aromatic N) is 1. The molecule has 0 spiro atoms. The predicted octanol–water partition coefficient (Wildman–Crippen LogP) is 3.97. The molecule has 1 aromatic rings. The second-order valence-electron chi connectivity index (χ2n) is 5.96. The van der Waals surface area contributed by atoms with E-state index in [1.165, 1.54) is 28.6 Å². The maximum atomic E-state index is 3.69. The number of halogens is 1. The van der Waals surface area contributed by atoms with Crippen LogP contribution in [0.4, 0.5) is 5.69 Å². The van der Waals surface area contributed by atoms with Crippen LogP contribution in [0.2, 0.25) is 0 Å². The molecule has 0 bridgehead atoms. The Balaban J connectivity index is 2.15. The van der Waals surface area contributed by atoms with Crippen LogP contribution in [-0.2, 0) is 0 Å². The third-order valence-electron chi connectivity index (χ3n) is 3.81. The lowest BCUT2D eigenvalue weighted by Gasteiger charge is -2.29. The zero-order chi connectivity index (χ0) is 13.8. The first kappa shape index (κ1) is 14.9. The summed E-state index contributed by atoms with van der Waals surface area (Å²) in [6, 6.07) is 7.13. The van der Waals surface area contributed by atoms with E-state index in [-0.39, 0.29) is 0 Å². The largest absolute Gasteiger partial charge is 0.370 e. The summed E-state index contributed by atoms with van der Waals surface area (Å²) in [6.07, 6.45) is 2.48. The van der Waals surface area contributed by atoms with Gasteiger partial charge >= 0.3 is 0 Å². The molecular weight excluding hydrogens is 300 g/mol. The molecule has 1 aliphatic rings. The fourth-order valence-electron chi connectivity index (χ4n) is 2.88. The summed E-state index contributed by atoms with van der Waals surface area (Å²) in [6.45, 7) is 10.2. The second kappa shape index (κ2) is 6.76. The van der Waals surface area contributed by atoms with Gasteiger partial charge in [-0.2, -0.15) is 0 Å². The SMILES string of the molecule is Cc1c(Br)cccc1N1CCCNC(CC(C)C)C1. The molecule has 1 aliphatic heterocycles. The van der Waals surface area contributed by atoms with Gasteiger partial charge in [0.05, 0.1) is 0 Å². The number of hydrogen-bond acceptors (Lipinski definition) is 2. The van der Waals surface area contributed by atoms with Crippen molar-refractivity contribution in [1.29, 1.82) is 0 Å². The lowest BCUT2D eigenvalue weighted by atomic mass is 10.0. The molecule has 1 fully saturated rings. The van der Waals surface area contributed by atoms with Crippen LogP contribution in [-0.4, -0.2) is 25.7 Å². The summed E-state index contributed by atoms with van der Waals surface area (Å²) in [5, 5.41) is 3.69. The zero-order valence-electron chi connectivity index (χ0n) is 12.2. The van der Waals surface area contributed by atoms with Crippen molar-refractivity contribution >= 4 is 21.6 Å². The highest BCUT2D eigenvalue weighted by Gasteiger charge is 2.20. The van der Waals surface area contributed by atoms with E-state index in [0.717, 1.165) is 25.6 Å². The van der Waals surface area contributed by atoms with Crippen molar-refractivity contribution in [1.82, 2.24) is 5.32 Å². The molecule has 0 aromatic heterocycles. The summed E-state index contributed by atoms with van der Waals surface area (Å²) in [4.78, 5) is 2.55. The molecule has 1 atom stereocenters. The van der Waals surface area contributed by atoms with Gasteiger partial charge in [-0.25, -0.2) is 0 Å². The third kappa shape index (κ3) is 3.96. The van der Waals surface area contributed by atoms with Crippen molar-refractivity contribution in [2.24, 2.45) is 5.92 Å². The normalized spacial score (nSPS) is 20.7. The van der Waals surface area contributed by atoms with Crippen LogP contribution < -0.4 is 10.2 Å². The van der Waals surface area contributed by atoms with Crippen molar-refractivity contribution in [3.05, 3.63) is 28.2 Å². The van der Waals surface area contributed by atoms with Crippen molar-refractivity contribution in [3.63, 3.8) is 0 Å². The molecule has 0 saturated carbocycles. The van der Waals surface area contributed by atoms with Gasteiger partial charge in [0, 0.05) is 29.3 Å². The van der Waals surface area contributed by atoms with Crippen LogP contribution in [0.25, 0.3) is 0 Å². The van der Waals surface area contributed by atoms with E-state index in [9.17, 15) is 0 Å². The molecule has 1 N–H and O–H groups in total. The van der Waals surface area contributed by atoms with Gasteiger partial charge in [0.15, 0.2) is 0 Å². The molecular formula is C16H25BrN2. The molecule has 2 rings (SSSR count). The number of benzene rings is 1. The Morgan fingerprint density at radius 2 is 2.21 bits per heavy atom. The monoisotopic (exact) mass is 324 g/mol. The van der Waals surface area contributed by atoms with Crippen LogP contribution in [0.1, 0.15) is 32.3 Å². The third-order valence-corrected chi connectivity index (χ3v) is 4.67. The van der Waals surface area contributed by atoms with Crippen molar-refractivity contribution < 1.29 is 0 Å². The van der Waals surface area contributed by atoms with Crippen LogP contribution >= 0.6 is 15.9 Å². The molecule has 2 nitrogen and oxygen atoms in total. The maximum absolute atomic E-state index is 3.69. The fourth-order valence-corrected chi connectivity index (χ4v) is 3.24. The summed E-state index contributed by atoms with van der Waals surface area (Å²) in [5.74, 6) is 0.751. The quantitative estimate of drug-likeness (QED) is 0.904. The first-order chi connectivity index (χ1) is 9.08. The number of nitrogens with one attached hydrogen (secondary N) is 1. The summed E-state index contributed by atoms with van der Waals surface area (Å²) in [5.41, 5.74) is 2.74. The van der Waals surface area contributed by atoms with E-state index < -0.39 is 0 Å². The zero-order valence-corrected chi connectivity index (χ0v) is 13.8. The molecule has 1 heterocycles. The van der Waals surface area contributed by atoms with Gasteiger partial charge < -0.3 is 10.2 Å². The Morgan fingerprint density at radius 3 is 2.95 bits per heavy atom. The highest BCUT2D eigenvalue weighted by molar-refractivity contribution is 9.10. The van der Waals surface area contributed by atoms with E-state index >= 15 is 0 Å². The maximum Gasteiger partial charge on any atom is 0.0407 e. The highest BCUT2D eigenvalue weighted by Crippen LogP contribution is 2.28. The second-order valence-corrected chi connectivity index (χ2v) is 6.82. The lowest BCUT2D eigenvalue weighted by Crippen LogP contribution is -2.38. The predicted molar refractivity (Wildman–Crippen MR) is 87.0 cm³/mol. The van der Waals surface area contributed by atoms with Crippen LogP contribution in [0.3, 0.4) is 0 Å². The summed E-state index contributed by atoms with van der Waals surface area (Å²) >= 11 is 3.65. The van der Waals surface area contributed by atoms with Gasteiger partial charge in [-0.15, -0.1) is 0 Å². The van der Waals surface area contributed by atoms with E-state index in [1.54, 1.807) is 0 Å². The van der Waals surface area contributed by atoms with Gasteiger partial charge in [0.1, 0.15) is 0 Å². The van der Waals surface area contributed by atoms with Crippen molar-refractivity contribution in [2.75, 3.05) is 24.5 Å². The standard InChI is InChI=1S/C16H25BrN2/c1-12(2)10-14-11-19(9-5-8-18-14)16-7-4-6-15(17)13(16)3/h4,6-7,12,14,18H,5,8-11H2,1-3H3. The average Bonchev–Trinajstić information content (AvgIpc) is 2.57. The number of anilines is 1. The van der Waals surface area contributed by atoms with E-state index in [1.807, 2.05) is 0 Å². The Labute approximate surface area is 125 Å². The minimum Gasteiger partial charge on any atom is -0.370 e. The minimum absolute atomic E-state index is 0.612. The van der Waals surface area contributed by atoms with E-state index in [4.69, 9.17) is 0 Å². The first-order valence-electron chi connectivity index (χ1n) is 7.31. The van der Waals surface area contributed by atoms with E-state index in [2.05, 4.69) is 65.1 Å². The van der Waals surface area contributed by atoms with Crippen LogP contribution in [0.15, 0.2) is 22.7 Å².